The number of ketones is 2. The summed E-state index contributed by atoms with van der Waals surface area (Å²) in [6.45, 7) is 3.58. The molecule has 16 heavy (non-hydrogen) atoms. The highest BCUT2D eigenvalue weighted by atomic mass is 19.3. The van der Waals surface area contributed by atoms with E-state index in [1.165, 1.54) is 0 Å². The van der Waals surface area contributed by atoms with Gasteiger partial charge in [0.25, 0.3) is 6.43 Å². The molecule has 0 aliphatic heterocycles. The fourth-order valence-corrected chi connectivity index (χ4v) is 1.46. The Hall–Kier alpha value is -1.58. The number of alkyl halides is 2. The Kier molecular flexibility index (Phi) is 3.88. The Morgan fingerprint density at radius 3 is 2.38 bits per heavy atom. The van der Waals surface area contributed by atoms with Crippen LogP contribution in [0.2, 0.25) is 0 Å². The fourth-order valence-electron chi connectivity index (χ4n) is 1.46. The lowest BCUT2D eigenvalue weighted by molar-refractivity contribution is -0.128. The van der Waals surface area contributed by atoms with Crippen molar-refractivity contribution in [3.8, 4) is 0 Å². The number of halogens is 2. The smallest absolute Gasteiger partial charge is 0.294 e. The minimum Gasteiger partial charge on any atom is -0.294 e. The number of hydrogen-bond donors (Lipinski definition) is 0. The molecular formula is C12H12F2O2. The van der Waals surface area contributed by atoms with Crippen molar-refractivity contribution in [3.05, 3.63) is 34.9 Å². The van der Waals surface area contributed by atoms with Crippen molar-refractivity contribution < 1.29 is 18.4 Å². The van der Waals surface area contributed by atoms with Gasteiger partial charge in [-0.05, 0) is 19.4 Å². The Morgan fingerprint density at radius 2 is 1.88 bits per heavy atom. The molecule has 0 bridgehead atoms. The molecule has 0 aliphatic rings. The van der Waals surface area contributed by atoms with Crippen LogP contribution in [0.5, 0.6) is 0 Å². The van der Waals surface area contributed by atoms with Crippen LogP contribution in [0.3, 0.4) is 0 Å². The SMILES string of the molecule is Cc1ccc(C(=O)CC(=O)C(F)F)c(C)c1. The van der Waals surface area contributed by atoms with Gasteiger partial charge in [0.15, 0.2) is 5.78 Å². The van der Waals surface area contributed by atoms with E-state index >= 15 is 0 Å². The van der Waals surface area contributed by atoms with Gasteiger partial charge in [0, 0.05) is 5.56 Å². The summed E-state index contributed by atoms with van der Waals surface area (Å²) in [6, 6.07) is 5.05. The Labute approximate surface area is 92.3 Å². The van der Waals surface area contributed by atoms with Gasteiger partial charge in [-0.3, -0.25) is 9.59 Å². The standard InChI is InChI=1S/C12H12F2O2/c1-7-3-4-9(8(2)5-7)10(15)6-11(16)12(13)14/h3-5,12H,6H2,1-2H3. The van der Waals surface area contributed by atoms with E-state index in [-0.39, 0.29) is 0 Å². The first-order valence-corrected chi connectivity index (χ1v) is 4.83. The number of rotatable bonds is 4. The van der Waals surface area contributed by atoms with E-state index in [0.717, 1.165) is 5.56 Å². The molecule has 0 amide bonds. The lowest BCUT2D eigenvalue weighted by Crippen LogP contribution is -2.16. The van der Waals surface area contributed by atoms with Gasteiger partial charge in [-0.15, -0.1) is 0 Å². The molecule has 0 unspecified atom stereocenters. The number of hydrogen-bond acceptors (Lipinski definition) is 2. The number of aryl methyl sites for hydroxylation is 2. The fraction of sp³-hybridized carbons (Fsp3) is 0.333. The average molecular weight is 226 g/mol. The minimum absolute atomic E-state index is 0.333. The number of Topliss-reactive ketones (excluding diaryl/α,β-unsaturated/α-hetero) is 2. The van der Waals surface area contributed by atoms with Crippen LogP contribution < -0.4 is 0 Å². The molecule has 0 saturated heterocycles. The second-order valence-electron chi connectivity index (χ2n) is 3.69. The zero-order valence-corrected chi connectivity index (χ0v) is 9.09. The average Bonchev–Trinajstić information content (AvgIpc) is 2.16. The molecule has 0 N–H and O–H groups in total. The Bertz CT molecular complexity index is 425. The summed E-state index contributed by atoms with van der Waals surface area (Å²) >= 11 is 0. The molecule has 0 aliphatic carbocycles. The van der Waals surface area contributed by atoms with Gasteiger partial charge in [0.1, 0.15) is 0 Å². The van der Waals surface area contributed by atoms with E-state index in [4.69, 9.17) is 0 Å². The Morgan fingerprint density at radius 1 is 1.25 bits per heavy atom. The van der Waals surface area contributed by atoms with Crippen LogP contribution in [0.1, 0.15) is 27.9 Å². The quantitative estimate of drug-likeness (QED) is 0.584. The topological polar surface area (TPSA) is 34.1 Å². The second kappa shape index (κ2) is 4.96. The van der Waals surface area contributed by atoms with Crippen molar-refractivity contribution in [1.29, 1.82) is 0 Å². The van der Waals surface area contributed by atoms with Crippen molar-refractivity contribution in [1.82, 2.24) is 0 Å². The first-order chi connectivity index (χ1) is 7.41. The highest BCUT2D eigenvalue weighted by Gasteiger charge is 2.20. The van der Waals surface area contributed by atoms with Crippen LogP contribution in [0, 0.1) is 13.8 Å². The molecule has 1 rings (SSSR count). The second-order valence-corrected chi connectivity index (χ2v) is 3.69. The zero-order chi connectivity index (χ0) is 12.3. The molecule has 0 atom stereocenters. The lowest BCUT2D eigenvalue weighted by Gasteiger charge is -2.05. The molecule has 0 aromatic heterocycles. The van der Waals surface area contributed by atoms with Gasteiger partial charge < -0.3 is 0 Å². The molecule has 2 nitrogen and oxygen atoms in total. The summed E-state index contributed by atoms with van der Waals surface area (Å²) in [5, 5.41) is 0. The zero-order valence-electron chi connectivity index (χ0n) is 9.09. The molecule has 1 aromatic carbocycles. The molecule has 0 heterocycles. The van der Waals surface area contributed by atoms with Crippen LogP contribution in [0.4, 0.5) is 8.78 Å². The van der Waals surface area contributed by atoms with E-state index in [1.807, 2.05) is 6.92 Å². The Balaban J connectivity index is 2.85. The van der Waals surface area contributed by atoms with Gasteiger partial charge in [0.2, 0.25) is 5.78 Å². The van der Waals surface area contributed by atoms with E-state index in [0.29, 0.717) is 11.1 Å². The van der Waals surface area contributed by atoms with Crippen molar-refractivity contribution >= 4 is 11.6 Å². The van der Waals surface area contributed by atoms with E-state index < -0.39 is 24.4 Å². The monoisotopic (exact) mass is 226 g/mol. The minimum atomic E-state index is -3.07. The third kappa shape index (κ3) is 2.95. The summed E-state index contributed by atoms with van der Waals surface area (Å²) in [5.74, 6) is -1.88. The van der Waals surface area contributed by atoms with Crippen LogP contribution in [0.25, 0.3) is 0 Å². The molecule has 1 aromatic rings. The van der Waals surface area contributed by atoms with Gasteiger partial charge in [-0.25, -0.2) is 8.78 Å². The predicted octanol–water partition coefficient (Wildman–Crippen LogP) is 2.71. The summed E-state index contributed by atoms with van der Waals surface area (Å²) in [4.78, 5) is 22.3. The normalized spacial score (nSPS) is 10.6. The maximum atomic E-state index is 12.0. The summed E-state index contributed by atoms with van der Waals surface area (Å²) < 4.78 is 23.9. The summed E-state index contributed by atoms with van der Waals surface area (Å²) in [5.41, 5.74) is 2.01. The van der Waals surface area contributed by atoms with E-state index in [2.05, 4.69) is 0 Å². The van der Waals surface area contributed by atoms with Crippen LogP contribution in [0.15, 0.2) is 18.2 Å². The highest BCUT2D eigenvalue weighted by molar-refractivity contribution is 6.09. The van der Waals surface area contributed by atoms with Gasteiger partial charge in [-0.1, -0.05) is 23.8 Å². The molecule has 0 fully saturated rings. The van der Waals surface area contributed by atoms with Crippen molar-refractivity contribution in [2.45, 2.75) is 26.7 Å². The first kappa shape index (κ1) is 12.5. The molecule has 0 radical (unpaired) electrons. The molecular weight excluding hydrogens is 214 g/mol. The highest BCUT2D eigenvalue weighted by Crippen LogP contribution is 2.13. The predicted molar refractivity (Wildman–Crippen MR) is 55.9 cm³/mol. The maximum absolute atomic E-state index is 12.0. The third-order valence-corrected chi connectivity index (χ3v) is 2.26. The number of benzene rings is 1. The van der Waals surface area contributed by atoms with E-state index in [9.17, 15) is 18.4 Å². The molecule has 86 valence electrons. The van der Waals surface area contributed by atoms with Crippen molar-refractivity contribution in [2.75, 3.05) is 0 Å². The molecule has 0 saturated carbocycles. The van der Waals surface area contributed by atoms with Gasteiger partial charge in [-0.2, -0.15) is 0 Å². The number of carbonyl (C=O) groups excluding carboxylic acids is 2. The lowest BCUT2D eigenvalue weighted by atomic mass is 9.99. The molecule has 4 heteroatoms. The van der Waals surface area contributed by atoms with Crippen molar-refractivity contribution in [2.24, 2.45) is 0 Å². The summed E-state index contributed by atoms with van der Waals surface area (Å²) in [6.07, 6.45) is -3.81. The third-order valence-electron chi connectivity index (χ3n) is 2.26. The van der Waals surface area contributed by atoms with Crippen LogP contribution >= 0.6 is 0 Å². The van der Waals surface area contributed by atoms with Crippen LogP contribution in [-0.2, 0) is 4.79 Å². The summed E-state index contributed by atoms with van der Waals surface area (Å²) in [7, 11) is 0. The largest absolute Gasteiger partial charge is 0.296 e. The van der Waals surface area contributed by atoms with Gasteiger partial charge >= 0.3 is 0 Å². The molecule has 0 spiro atoms. The van der Waals surface area contributed by atoms with Gasteiger partial charge in [0.05, 0.1) is 6.42 Å². The number of carbonyl (C=O) groups is 2. The van der Waals surface area contributed by atoms with Crippen LogP contribution in [-0.4, -0.2) is 18.0 Å². The first-order valence-electron chi connectivity index (χ1n) is 4.83. The maximum Gasteiger partial charge on any atom is 0.296 e. The van der Waals surface area contributed by atoms with Crippen molar-refractivity contribution in [3.63, 3.8) is 0 Å². The van der Waals surface area contributed by atoms with E-state index in [1.54, 1.807) is 25.1 Å².